The second-order valence-electron chi connectivity index (χ2n) is 8.03. The van der Waals surface area contributed by atoms with Gasteiger partial charge in [-0.1, -0.05) is 12.1 Å². The maximum atomic E-state index is 14.1. The average Bonchev–Trinajstić information content (AvgIpc) is 2.75. The average molecular weight is 459 g/mol. The lowest BCUT2D eigenvalue weighted by Gasteiger charge is -2.27. The molecule has 0 aliphatic rings. The van der Waals surface area contributed by atoms with E-state index in [0.717, 1.165) is 18.2 Å². The molecule has 3 N–H and O–H groups in total. The maximum absolute atomic E-state index is 14.1. The lowest BCUT2D eigenvalue weighted by Crippen LogP contribution is -2.40. The highest BCUT2D eigenvalue weighted by atomic mass is 19.1. The molecule has 1 atom stereocenters. The summed E-state index contributed by atoms with van der Waals surface area (Å²) >= 11 is 0. The van der Waals surface area contributed by atoms with Crippen LogP contribution < -0.4 is 15.5 Å². The number of hydrogen-bond acceptors (Lipinski definition) is 5. The van der Waals surface area contributed by atoms with Gasteiger partial charge in [-0.25, -0.2) is 22.9 Å². The van der Waals surface area contributed by atoms with Crippen molar-refractivity contribution in [3.63, 3.8) is 0 Å². The maximum Gasteiger partial charge on any atom is 0.327 e. The molecule has 1 unspecified atom stereocenters. The number of amides is 2. The van der Waals surface area contributed by atoms with Crippen molar-refractivity contribution < 1.29 is 23.1 Å². The summed E-state index contributed by atoms with van der Waals surface area (Å²) in [5.74, 6) is -1.67. The monoisotopic (exact) mass is 459 g/mol. The number of benzene rings is 2. The molecule has 2 amide bonds. The second-order valence-corrected chi connectivity index (χ2v) is 8.03. The summed E-state index contributed by atoms with van der Waals surface area (Å²) in [5, 5.41) is 15.5. The molecular weight excluding hydrogens is 435 g/mol. The molecule has 3 rings (SSSR count). The van der Waals surface area contributed by atoms with Crippen molar-refractivity contribution in [3.05, 3.63) is 77.7 Å². The summed E-state index contributed by atoms with van der Waals surface area (Å²) in [4.78, 5) is 22.7. The summed E-state index contributed by atoms with van der Waals surface area (Å²) in [6.45, 7) is 4.94. The smallest absolute Gasteiger partial charge is 0.327 e. The Balaban J connectivity index is 1.93. The lowest BCUT2D eigenvalue weighted by molar-refractivity contribution is 0.0646. The minimum absolute atomic E-state index is 0.0411. The van der Waals surface area contributed by atoms with Crippen LogP contribution >= 0.6 is 0 Å². The number of aromatic nitrogens is 2. The fourth-order valence-corrected chi connectivity index (χ4v) is 2.74. The van der Waals surface area contributed by atoms with E-state index >= 15 is 0 Å². The molecule has 0 fully saturated rings. The Morgan fingerprint density at radius 2 is 1.76 bits per heavy atom. The molecule has 10 heteroatoms. The van der Waals surface area contributed by atoms with Gasteiger partial charge in [-0.3, -0.25) is 4.90 Å². The van der Waals surface area contributed by atoms with E-state index in [0.29, 0.717) is 5.56 Å². The van der Waals surface area contributed by atoms with Crippen LogP contribution in [0.1, 0.15) is 26.3 Å². The van der Waals surface area contributed by atoms with Gasteiger partial charge in [0.05, 0.1) is 23.9 Å². The van der Waals surface area contributed by atoms with Crippen LogP contribution in [0.4, 0.5) is 35.4 Å². The minimum atomic E-state index is -1.07. The molecule has 0 bridgehead atoms. The van der Waals surface area contributed by atoms with Crippen LogP contribution in [0.2, 0.25) is 0 Å². The van der Waals surface area contributed by atoms with Crippen molar-refractivity contribution in [2.75, 3.05) is 15.5 Å². The number of nitrogens with zero attached hydrogens (tertiary/aromatic N) is 3. The number of halogens is 3. The number of hydrogen-bond donors (Lipinski definition) is 3. The largest absolute Gasteiger partial charge is 0.388 e. The fraction of sp³-hybridized carbons (Fsp3) is 0.261. The van der Waals surface area contributed by atoms with Gasteiger partial charge in [-0.2, -0.15) is 4.98 Å². The third-order valence-corrected chi connectivity index (χ3v) is 4.99. The van der Waals surface area contributed by atoms with Crippen molar-refractivity contribution in [2.45, 2.75) is 39.0 Å². The highest BCUT2D eigenvalue weighted by Gasteiger charge is 2.24. The molecule has 33 heavy (non-hydrogen) atoms. The first-order valence-corrected chi connectivity index (χ1v) is 10.1. The molecule has 1 aromatic heterocycles. The van der Waals surface area contributed by atoms with Crippen LogP contribution in [-0.4, -0.2) is 32.7 Å². The molecule has 0 aliphatic carbocycles. The fourth-order valence-electron chi connectivity index (χ4n) is 2.74. The highest BCUT2D eigenvalue weighted by molar-refractivity contribution is 6.01. The molecule has 2 aromatic carbocycles. The number of carbonyl (C=O) groups excluding carboxylic acids is 1. The normalized spacial score (nSPS) is 12.2. The minimum Gasteiger partial charge on any atom is -0.388 e. The lowest BCUT2D eigenvalue weighted by atomic mass is 10.0. The number of carbonyl (C=O) groups is 1. The number of rotatable bonds is 7. The van der Waals surface area contributed by atoms with Gasteiger partial charge in [-0.15, -0.1) is 0 Å². The summed E-state index contributed by atoms with van der Waals surface area (Å²) in [7, 11) is 0. The van der Waals surface area contributed by atoms with Gasteiger partial charge < -0.3 is 15.7 Å². The number of nitrogens with one attached hydrogen (secondary N) is 2. The molecule has 0 aliphatic heterocycles. The summed E-state index contributed by atoms with van der Waals surface area (Å²) in [6.07, 6.45) is 1.41. The van der Waals surface area contributed by atoms with Gasteiger partial charge in [0, 0.05) is 12.3 Å². The van der Waals surface area contributed by atoms with Gasteiger partial charge in [0.25, 0.3) is 0 Å². The first kappa shape index (κ1) is 24.0. The van der Waals surface area contributed by atoms with E-state index < -0.39 is 35.1 Å². The highest BCUT2D eigenvalue weighted by Crippen LogP contribution is 2.21. The first-order valence-electron chi connectivity index (χ1n) is 10.1. The standard InChI is InChI=1S/C23H24F3N5O2/c1-14(23(2,3)33)28-21-27-11-10-20(30-21)31(13-15-4-6-16(24)7-5-15)22(32)29-19-12-17(25)8-9-18(19)26/h4-12,14,33H,13H2,1-3H3,(H,29,32)(H,27,28,30). The Hall–Kier alpha value is -3.66. The van der Waals surface area contributed by atoms with Crippen LogP contribution in [0, 0.1) is 17.5 Å². The van der Waals surface area contributed by atoms with Crippen molar-refractivity contribution in [2.24, 2.45) is 0 Å². The molecule has 0 saturated carbocycles. The molecule has 0 saturated heterocycles. The Labute approximate surface area is 189 Å². The van der Waals surface area contributed by atoms with Gasteiger partial charge >= 0.3 is 6.03 Å². The Bertz CT molecular complexity index is 1120. The van der Waals surface area contributed by atoms with Crippen LogP contribution in [0.15, 0.2) is 54.7 Å². The van der Waals surface area contributed by atoms with Gasteiger partial charge in [-0.05, 0) is 56.7 Å². The zero-order chi connectivity index (χ0) is 24.2. The third-order valence-electron chi connectivity index (χ3n) is 4.99. The Morgan fingerprint density at radius 3 is 2.42 bits per heavy atom. The van der Waals surface area contributed by atoms with Gasteiger partial charge in [0.2, 0.25) is 5.95 Å². The zero-order valence-corrected chi connectivity index (χ0v) is 18.3. The van der Waals surface area contributed by atoms with Crippen molar-refractivity contribution in [3.8, 4) is 0 Å². The Morgan fingerprint density at radius 1 is 1.09 bits per heavy atom. The van der Waals surface area contributed by atoms with E-state index in [9.17, 15) is 23.1 Å². The van der Waals surface area contributed by atoms with E-state index in [-0.39, 0.29) is 24.0 Å². The molecule has 0 spiro atoms. The van der Waals surface area contributed by atoms with Crippen molar-refractivity contribution >= 4 is 23.5 Å². The molecule has 174 valence electrons. The third kappa shape index (κ3) is 6.42. The number of urea groups is 1. The summed E-state index contributed by atoms with van der Waals surface area (Å²) in [5.41, 5.74) is -0.837. The van der Waals surface area contributed by atoms with Crippen LogP contribution in [0.3, 0.4) is 0 Å². The molecular formula is C23H24F3N5O2. The van der Waals surface area contributed by atoms with Crippen LogP contribution in [0.5, 0.6) is 0 Å². The predicted octanol–water partition coefficient (Wildman–Crippen LogP) is 4.70. The second kappa shape index (κ2) is 9.86. The number of anilines is 3. The van der Waals surface area contributed by atoms with Crippen LogP contribution in [0.25, 0.3) is 0 Å². The van der Waals surface area contributed by atoms with E-state index in [4.69, 9.17) is 0 Å². The Kier molecular flexibility index (Phi) is 7.17. The molecule has 1 heterocycles. The first-order chi connectivity index (χ1) is 15.5. The zero-order valence-electron chi connectivity index (χ0n) is 18.3. The quantitative estimate of drug-likeness (QED) is 0.476. The van der Waals surface area contributed by atoms with E-state index in [2.05, 4.69) is 20.6 Å². The predicted molar refractivity (Wildman–Crippen MR) is 119 cm³/mol. The van der Waals surface area contributed by atoms with Crippen LogP contribution in [-0.2, 0) is 6.54 Å². The van der Waals surface area contributed by atoms with Crippen molar-refractivity contribution in [1.82, 2.24) is 9.97 Å². The van der Waals surface area contributed by atoms with E-state index in [1.807, 2.05) is 0 Å². The summed E-state index contributed by atoms with van der Waals surface area (Å²) in [6, 6.07) is 8.44. The topological polar surface area (TPSA) is 90.4 Å². The number of aliphatic hydroxyl groups is 1. The summed E-state index contributed by atoms with van der Waals surface area (Å²) < 4.78 is 41.0. The van der Waals surface area contributed by atoms with Gasteiger partial charge in [0.1, 0.15) is 23.3 Å². The van der Waals surface area contributed by atoms with E-state index in [1.165, 1.54) is 41.4 Å². The molecule has 7 nitrogen and oxygen atoms in total. The SMILES string of the molecule is CC(Nc1nccc(N(Cc2ccc(F)cc2)C(=O)Nc2cc(F)ccc2F)n1)C(C)(C)O. The van der Waals surface area contributed by atoms with Gasteiger partial charge in [0.15, 0.2) is 0 Å². The molecule has 0 radical (unpaired) electrons. The van der Waals surface area contributed by atoms with E-state index in [1.54, 1.807) is 20.8 Å². The van der Waals surface area contributed by atoms with Crippen molar-refractivity contribution in [1.29, 1.82) is 0 Å². The molecule has 3 aromatic rings.